The van der Waals surface area contributed by atoms with E-state index in [1.54, 1.807) is 7.11 Å². The number of methoxy groups -OCH3 is 1. The Morgan fingerprint density at radius 1 is 1.24 bits per heavy atom. The summed E-state index contributed by atoms with van der Waals surface area (Å²) in [6.07, 6.45) is 7.00. The maximum atomic E-state index is 11.2. The van der Waals surface area contributed by atoms with E-state index in [0.29, 0.717) is 0 Å². The van der Waals surface area contributed by atoms with Gasteiger partial charge in [-0.3, -0.25) is 4.79 Å². The molecule has 2 heteroatoms. The van der Waals surface area contributed by atoms with Gasteiger partial charge in [-0.2, -0.15) is 0 Å². The van der Waals surface area contributed by atoms with Crippen molar-refractivity contribution in [1.29, 1.82) is 0 Å². The molecule has 0 aliphatic heterocycles. The van der Waals surface area contributed by atoms with Gasteiger partial charge in [0.2, 0.25) is 0 Å². The molecule has 0 atom stereocenters. The summed E-state index contributed by atoms with van der Waals surface area (Å²) >= 11 is 0. The number of ether oxygens (including phenoxy) is 1. The van der Waals surface area contributed by atoms with Gasteiger partial charge in [-0.25, -0.2) is 0 Å². The zero-order chi connectivity index (χ0) is 12.1. The summed E-state index contributed by atoms with van der Waals surface area (Å²) in [5.74, 6) is 0. The highest BCUT2D eigenvalue weighted by molar-refractivity contribution is 5.78. The number of benzene rings is 1. The van der Waals surface area contributed by atoms with Crippen LogP contribution in [-0.4, -0.2) is 20.0 Å². The molecule has 2 nitrogen and oxygen atoms in total. The van der Waals surface area contributed by atoms with E-state index in [9.17, 15) is 4.79 Å². The Morgan fingerprint density at radius 3 is 2.59 bits per heavy atom. The summed E-state index contributed by atoms with van der Waals surface area (Å²) in [6.45, 7) is 0.720. The first-order valence-corrected chi connectivity index (χ1v) is 6.36. The van der Waals surface area contributed by atoms with Crippen molar-refractivity contribution in [2.24, 2.45) is 0 Å². The molecule has 0 aromatic heterocycles. The molecule has 1 aromatic carbocycles. The van der Waals surface area contributed by atoms with Gasteiger partial charge >= 0.3 is 0 Å². The normalized spacial score (nSPS) is 18.9. The van der Waals surface area contributed by atoms with Crippen LogP contribution in [-0.2, 0) is 10.2 Å². The number of rotatable bonds is 4. The van der Waals surface area contributed by atoms with E-state index >= 15 is 0 Å². The molecule has 1 aliphatic carbocycles. The van der Waals surface area contributed by atoms with Gasteiger partial charge in [0.05, 0.1) is 6.61 Å². The second-order valence-electron chi connectivity index (χ2n) is 4.98. The van der Waals surface area contributed by atoms with E-state index < -0.39 is 0 Å². The van der Waals surface area contributed by atoms with Crippen molar-refractivity contribution in [3.63, 3.8) is 0 Å². The van der Waals surface area contributed by atoms with Gasteiger partial charge in [-0.15, -0.1) is 0 Å². The van der Waals surface area contributed by atoms with Crippen molar-refractivity contribution in [3.8, 4) is 0 Å². The molecule has 0 N–H and O–H groups in total. The van der Waals surface area contributed by atoms with Crippen molar-refractivity contribution in [2.45, 2.75) is 37.5 Å². The largest absolute Gasteiger partial charge is 0.384 e. The Hall–Kier alpha value is -1.15. The topological polar surface area (TPSA) is 26.3 Å². The zero-order valence-electron chi connectivity index (χ0n) is 10.4. The molecule has 2 rings (SSSR count). The molecule has 1 fully saturated rings. The smallest absolute Gasteiger partial charge is 0.150 e. The first-order valence-electron chi connectivity index (χ1n) is 6.36. The van der Waals surface area contributed by atoms with Crippen LogP contribution in [0.3, 0.4) is 0 Å². The minimum Gasteiger partial charge on any atom is -0.384 e. The van der Waals surface area contributed by atoms with E-state index in [0.717, 1.165) is 31.3 Å². The molecular formula is C15H20O2. The average molecular weight is 232 g/mol. The fraction of sp³-hybridized carbons (Fsp3) is 0.533. The number of carbonyl (C=O) groups is 1. The fourth-order valence-corrected chi connectivity index (χ4v) is 3.08. The van der Waals surface area contributed by atoms with Crippen molar-refractivity contribution in [2.75, 3.05) is 13.7 Å². The Balaban J connectivity index is 2.40. The molecule has 1 saturated carbocycles. The maximum absolute atomic E-state index is 11.2. The fourth-order valence-electron chi connectivity index (χ4n) is 3.08. The predicted octanol–water partition coefficient (Wildman–Crippen LogP) is 3.35. The van der Waals surface area contributed by atoms with E-state index in [2.05, 4.69) is 6.07 Å². The molecule has 17 heavy (non-hydrogen) atoms. The summed E-state index contributed by atoms with van der Waals surface area (Å²) in [6, 6.07) is 7.95. The molecule has 0 radical (unpaired) electrons. The van der Waals surface area contributed by atoms with Gasteiger partial charge in [0.1, 0.15) is 6.29 Å². The Bertz CT molecular complexity index is 373. The summed E-state index contributed by atoms with van der Waals surface area (Å²) in [4.78, 5) is 11.2. The van der Waals surface area contributed by atoms with Crippen LogP contribution >= 0.6 is 0 Å². The molecule has 0 amide bonds. The van der Waals surface area contributed by atoms with E-state index in [4.69, 9.17) is 4.74 Å². The lowest BCUT2D eigenvalue weighted by Crippen LogP contribution is -2.35. The third kappa shape index (κ3) is 2.42. The van der Waals surface area contributed by atoms with Crippen LogP contribution in [0.25, 0.3) is 0 Å². The average Bonchev–Trinajstić information content (AvgIpc) is 2.40. The highest BCUT2D eigenvalue weighted by Gasteiger charge is 2.35. The highest BCUT2D eigenvalue weighted by atomic mass is 16.5. The first kappa shape index (κ1) is 12.3. The zero-order valence-corrected chi connectivity index (χ0v) is 10.4. The highest BCUT2D eigenvalue weighted by Crippen LogP contribution is 2.40. The second kappa shape index (κ2) is 5.46. The van der Waals surface area contributed by atoms with Crippen molar-refractivity contribution >= 4 is 6.29 Å². The van der Waals surface area contributed by atoms with Gasteiger partial charge in [0, 0.05) is 18.1 Å². The molecular weight excluding hydrogens is 212 g/mol. The van der Waals surface area contributed by atoms with Crippen molar-refractivity contribution < 1.29 is 9.53 Å². The first-order chi connectivity index (χ1) is 8.32. The minimum absolute atomic E-state index is 0.0600. The number of hydrogen-bond acceptors (Lipinski definition) is 2. The molecule has 1 aromatic rings. The van der Waals surface area contributed by atoms with Gasteiger partial charge in [0.15, 0.2) is 0 Å². The third-order valence-electron chi connectivity index (χ3n) is 3.89. The molecule has 0 spiro atoms. The Morgan fingerprint density at radius 2 is 1.94 bits per heavy atom. The third-order valence-corrected chi connectivity index (χ3v) is 3.89. The lowest BCUT2D eigenvalue weighted by molar-refractivity contribution is 0.101. The van der Waals surface area contributed by atoms with E-state index in [1.165, 1.54) is 24.8 Å². The van der Waals surface area contributed by atoms with Crippen LogP contribution in [0, 0.1) is 0 Å². The van der Waals surface area contributed by atoms with E-state index in [1.807, 2.05) is 18.2 Å². The lowest BCUT2D eigenvalue weighted by atomic mass is 9.69. The summed E-state index contributed by atoms with van der Waals surface area (Å²) in [5, 5.41) is 0. The molecule has 1 aliphatic rings. The SMILES string of the molecule is COCC1(c2ccccc2C=O)CCCCC1. The second-order valence-corrected chi connectivity index (χ2v) is 4.98. The number of aldehydes is 1. The Labute approximate surface area is 103 Å². The quantitative estimate of drug-likeness (QED) is 0.744. The van der Waals surface area contributed by atoms with Gasteiger partial charge < -0.3 is 4.74 Å². The number of hydrogen-bond donors (Lipinski definition) is 0. The van der Waals surface area contributed by atoms with Gasteiger partial charge in [0.25, 0.3) is 0 Å². The summed E-state index contributed by atoms with van der Waals surface area (Å²) in [5.41, 5.74) is 2.06. The molecule has 0 bridgehead atoms. The Kier molecular flexibility index (Phi) is 3.95. The predicted molar refractivity (Wildman–Crippen MR) is 68.5 cm³/mol. The van der Waals surface area contributed by atoms with E-state index in [-0.39, 0.29) is 5.41 Å². The minimum atomic E-state index is 0.0600. The van der Waals surface area contributed by atoms with Crippen molar-refractivity contribution in [3.05, 3.63) is 35.4 Å². The summed E-state index contributed by atoms with van der Waals surface area (Å²) in [7, 11) is 1.75. The lowest BCUT2D eigenvalue weighted by Gasteiger charge is -2.38. The maximum Gasteiger partial charge on any atom is 0.150 e. The van der Waals surface area contributed by atoms with Crippen LogP contribution < -0.4 is 0 Å². The van der Waals surface area contributed by atoms with Crippen LogP contribution in [0.5, 0.6) is 0 Å². The molecule has 0 heterocycles. The number of carbonyl (C=O) groups excluding carboxylic acids is 1. The molecule has 0 unspecified atom stereocenters. The van der Waals surface area contributed by atoms with Crippen molar-refractivity contribution in [1.82, 2.24) is 0 Å². The molecule has 92 valence electrons. The van der Waals surface area contributed by atoms with Crippen LogP contribution in [0.4, 0.5) is 0 Å². The van der Waals surface area contributed by atoms with Gasteiger partial charge in [-0.1, -0.05) is 43.5 Å². The molecule has 0 saturated heterocycles. The van der Waals surface area contributed by atoms with Crippen LogP contribution in [0.1, 0.15) is 48.0 Å². The van der Waals surface area contributed by atoms with Gasteiger partial charge in [-0.05, 0) is 18.4 Å². The van der Waals surface area contributed by atoms with Crippen LogP contribution in [0.2, 0.25) is 0 Å². The van der Waals surface area contributed by atoms with Crippen LogP contribution in [0.15, 0.2) is 24.3 Å². The summed E-state index contributed by atoms with van der Waals surface area (Å²) < 4.78 is 5.42. The standard InChI is InChI=1S/C15H20O2/c1-17-12-15(9-5-2-6-10-15)14-8-4-3-7-13(14)11-16/h3-4,7-8,11H,2,5-6,9-10,12H2,1H3. The monoisotopic (exact) mass is 232 g/mol.